The van der Waals surface area contributed by atoms with Crippen LogP contribution < -0.4 is 14.4 Å². The largest absolute Gasteiger partial charge is 0.487 e. The number of hydrogen-bond donors (Lipinski definition) is 0. The molecular formula is C25H24FN3O3S. The highest BCUT2D eigenvalue weighted by molar-refractivity contribution is 7.85. The third kappa shape index (κ3) is 3.66. The second kappa shape index (κ2) is 7.80. The van der Waals surface area contributed by atoms with Crippen LogP contribution >= 0.6 is 0 Å². The van der Waals surface area contributed by atoms with E-state index in [1.54, 1.807) is 12.1 Å². The van der Waals surface area contributed by atoms with Gasteiger partial charge in [-0.15, -0.1) is 0 Å². The lowest BCUT2D eigenvalue weighted by Crippen LogP contribution is -2.24. The van der Waals surface area contributed by atoms with Crippen LogP contribution in [0.15, 0.2) is 53.7 Å². The summed E-state index contributed by atoms with van der Waals surface area (Å²) in [5.74, 6) is 1.43. The number of rotatable bonds is 5. The highest BCUT2D eigenvalue weighted by Crippen LogP contribution is 2.55. The summed E-state index contributed by atoms with van der Waals surface area (Å²) in [4.78, 5) is 11.9. The van der Waals surface area contributed by atoms with Gasteiger partial charge in [-0.25, -0.2) is 14.4 Å². The first-order valence-corrected chi connectivity index (χ1v) is 12.5. The molecule has 1 saturated carbocycles. The Bertz CT molecular complexity index is 1250. The molecule has 170 valence electrons. The van der Waals surface area contributed by atoms with Gasteiger partial charge in [-0.05, 0) is 60.2 Å². The zero-order chi connectivity index (χ0) is 22.6. The molecule has 8 heteroatoms. The van der Waals surface area contributed by atoms with E-state index in [0.717, 1.165) is 55.0 Å². The summed E-state index contributed by atoms with van der Waals surface area (Å²) in [6.45, 7) is 3.81. The van der Waals surface area contributed by atoms with Crippen molar-refractivity contribution < 1.29 is 18.1 Å². The standard InChI is InChI=1S/C25H24FN3O3S/c1-2-16-12-27-24(28-13-16)29-8-7-25(14-29)11-23(25)32-20-5-3-17(9-19(20)26)18-4-6-22-21(10-18)31-15-33(22)30/h3-6,9-10,12-13,23H,2,7-8,11,14-15H2,1H3/t23?,25?,33-/m1/s1. The minimum Gasteiger partial charge on any atom is -0.487 e. The highest BCUT2D eigenvalue weighted by Gasteiger charge is 2.60. The van der Waals surface area contributed by atoms with Crippen molar-refractivity contribution in [1.29, 1.82) is 0 Å². The van der Waals surface area contributed by atoms with Crippen molar-refractivity contribution in [3.63, 3.8) is 0 Å². The predicted molar refractivity (Wildman–Crippen MR) is 123 cm³/mol. The average molecular weight is 466 g/mol. The summed E-state index contributed by atoms with van der Waals surface area (Å²) < 4.78 is 38.3. The molecule has 1 aromatic heterocycles. The maximum absolute atomic E-state index is 14.9. The van der Waals surface area contributed by atoms with Crippen LogP contribution in [0.3, 0.4) is 0 Å². The topological polar surface area (TPSA) is 64.6 Å². The van der Waals surface area contributed by atoms with Gasteiger partial charge in [-0.3, -0.25) is 4.21 Å². The fraction of sp³-hybridized carbons (Fsp3) is 0.360. The number of benzene rings is 2. The number of aryl methyl sites for hydroxylation is 1. The van der Waals surface area contributed by atoms with Gasteiger partial charge in [0.25, 0.3) is 0 Å². The molecule has 2 aromatic carbocycles. The first-order valence-electron chi connectivity index (χ1n) is 11.2. The zero-order valence-corrected chi connectivity index (χ0v) is 19.1. The maximum atomic E-state index is 14.9. The molecule has 3 atom stereocenters. The number of hydrogen-bond acceptors (Lipinski definition) is 6. The molecular weight excluding hydrogens is 441 g/mol. The van der Waals surface area contributed by atoms with Gasteiger partial charge in [0.2, 0.25) is 5.95 Å². The average Bonchev–Trinajstić information content (AvgIpc) is 3.14. The summed E-state index contributed by atoms with van der Waals surface area (Å²) in [5, 5.41) is 0. The first kappa shape index (κ1) is 20.6. The number of fused-ring (bicyclic) bond motifs is 1. The van der Waals surface area contributed by atoms with Crippen LogP contribution in [0.2, 0.25) is 0 Å². The SMILES string of the molecule is CCc1cnc(N2CCC3(CC3Oc3ccc(-c4ccc5c(c4)OC[S@]5=O)cc3F)C2)nc1. The van der Waals surface area contributed by atoms with E-state index in [1.165, 1.54) is 6.07 Å². The lowest BCUT2D eigenvalue weighted by molar-refractivity contribution is 0.241. The van der Waals surface area contributed by atoms with E-state index in [4.69, 9.17) is 9.47 Å². The van der Waals surface area contributed by atoms with E-state index >= 15 is 0 Å². The van der Waals surface area contributed by atoms with E-state index < -0.39 is 10.8 Å². The number of aromatic nitrogens is 2. The Labute approximate surface area is 194 Å². The first-order chi connectivity index (χ1) is 16.0. The molecule has 3 aliphatic rings. The van der Waals surface area contributed by atoms with Crippen molar-refractivity contribution >= 4 is 16.7 Å². The number of anilines is 1. The lowest BCUT2D eigenvalue weighted by Gasteiger charge is -2.17. The number of ether oxygens (including phenoxy) is 2. The molecule has 2 aliphatic heterocycles. The van der Waals surface area contributed by atoms with E-state index in [2.05, 4.69) is 21.8 Å². The van der Waals surface area contributed by atoms with E-state index in [9.17, 15) is 8.60 Å². The quantitative estimate of drug-likeness (QED) is 0.558. The molecule has 3 aromatic rings. The van der Waals surface area contributed by atoms with Gasteiger partial charge in [0.1, 0.15) is 11.9 Å². The molecule has 1 spiro atoms. The van der Waals surface area contributed by atoms with Gasteiger partial charge < -0.3 is 14.4 Å². The van der Waals surface area contributed by atoms with Crippen molar-refractivity contribution in [2.75, 3.05) is 23.9 Å². The Hall–Kier alpha value is -3.00. The fourth-order valence-electron chi connectivity index (χ4n) is 4.77. The molecule has 6 nitrogen and oxygen atoms in total. The molecule has 0 bridgehead atoms. The smallest absolute Gasteiger partial charge is 0.225 e. The van der Waals surface area contributed by atoms with Crippen LogP contribution in [0.1, 0.15) is 25.3 Å². The van der Waals surface area contributed by atoms with E-state index in [-0.39, 0.29) is 29.0 Å². The van der Waals surface area contributed by atoms with Gasteiger partial charge in [0.15, 0.2) is 17.5 Å². The normalized spacial score (nSPS) is 25.2. The van der Waals surface area contributed by atoms with Crippen molar-refractivity contribution in [2.24, 2.45) is 5.41 Å². The third-order valence-corrected chi connectivity index (χ3v) is 8.09. The number of nitrogens with zero attached hydrogens (tertiary/aromatic N) is 3. The molecule has 3 heterocycles. The molecule has 33 heavy (non-hydrogen) atoms. The van der Waals surface area contributed by atoms with Gasteiger partial charge >= 0.3 is 0 Å². The Morgan fingerprint density at radius 1 is 1.21 bits per heavy atom. The van der Waals surface area contributed by atoms with Crippen molar-refractivity contribution in [3.8, 4) is 22.6 Å². The van der Waals surface area contributed by atoms with Crippen LogP contribution in [-0.2, 0) is 17.2 Å². The Balaban J connectivity index is 1.13. The molecule has 2 fully saturated rings. The van der Waals surface area contributed by atoms with Gasteiger partial charge in [-0.2, -0.15) is 0 Å². The minimum atomic E-state index is -1.12. The molecule has 0 N–H and O–H groups in total. The van der Waals surface area contributed by atoms with Crippen LogP contribution in [0.4, 0.5) is 10.3 Å². The van der Waals surface area contributed by atoms with Crippen LogP contribution in [0.25, 0.3) is 11.1 Å². The van der Waals surface area contributed by atoms with Crippen LogP contribution in [0, 0.1) is 11.2 Å². The van der Waals surface area contributed by atoms with Gasteiger partial charge in [-0.1, -0.05) is 19.1 Å². The summed E-state index contributed by atoms with van der Waals surface area (Å²) in [6.07, 6.45) is 6.60. The van der Waals surface area contributed by atoms with E-state index in [0.29, 0.717) is 10.6 Å². The molecule has 1 saturated heterocycles. The second-order valence-corrected chi connectivity index (χ2v) is 10.4. The van der Waals surface area contributed by atoms with Crippen LogP contribution in [-0.4, -0.2) is 39.3 Å². The molecule has 0 amide bonds. The van der Waals surface area contributed by atoms with Crippen molar-refractivity contribution in [3.05, 3.63) is 60.2 Å². The van der Waals surface area contributed by atoms with Crippen molar-refractivity contribution in [1.82, 2.24) is 9.97 Å². The second-order valence-electron chi connectivity index (χ2n) is 9.00. The summed E-state index contributed by atoms with van der Waals surface area (Å²) >= 11 is 0. The maximum Gasteiger partial charge on any atom is 0.225 e. The molecule has 6 rings (SSSR count). The lowest BCUT2D eigenvalue weighted by atomic mass is 10.0. The molecule has 0 radical (unpaired) electrons. The van der Waals surface area contributed by atoms with E-state index in [1.807, 2.05) is 30.6 Å². The van der Waals surface area contributed by atoms with Crippen LogP contribution in [0.5, 0.6) is 11.5 Å². The van der Waals surface area contributed by atoms with Crippen molar-refractivity contribution in [2.45, 2.75) is 37.2 Å². The highest BCUT2D eigenvalue weighted by atomic mass is 32.2. The summed E-state index contributed by atoms with van der Waals surface area (Å²) in [6, 6.07) is 10.5. The Morgan fingerprint density at radius 3 is 2.79 bits per heavy atom. The predicted octanol–water partition coefficient (Wildman–Crippen LogP) is 4.35. The Kier molecular flexibility index (Phi) is 4.87. The minimum absolute atomic E-state index is 0.00105. The fourth-order valence-corrected chi connectivity index (χ4v) is 5.69. The Morgan fingerprint density at radius 2 is 2.00 bits per heavy atom. The monoisotopic (exact) mass is 465 g/mol. The third-order valence-electron chi connectivity index (χ3n) is 6.93. The zero-order valence-electron chi connectivity index (χ0n) is 18.3. The molecule has 2 unspecified atom stereocenters. The molecule has 1 aliphatic carbocycles. The number of halogens is 1. The van der Waals surface area contributed by atoms with Gasteiger partial charge in [0, 0.05) is 30.9 Å². The van der Waals surface area contributed by atoms with Gasteiger partial charge in [0.05, 0.1) is 15.7 Å². The summed E-state index contributed by atoms with van der Waals surface area (Å²) in [5.41, 5.74) is 2.72. The summed E-state index contributed by atoms with van der Waals surface area (Å²) in [7, 11) is -1.12.